The van der Waals surface area contributed by atoms with Crippen molar-refractivity contribution in [3.63, 3.8) is 0 Å². The molecule has 1 aromatic carbocycles. The van der Waals surface area contributed by atoms with Crippen molar-refractivity contribution >= 4 is 27.5 Å². The van der Waals surface area contributed by atoms with Gasteiger partial charge in [-0.15, -0.1) is 0 Å². The minimum atomic E-state index is -3.73. The molecule has 2 fully saturated rings. The SMILES string of the molecule is CCOc1ccc(NC(=O)C(NC(=O)C2CCCCC2)C(C)C)cc1S(=O)(=O)N1CCCC1. The van der Waals surface area contributed by atoms with Crippen LogP contribution in [0.25, 0.3) is 0 Å². The zero-order valence-corrected chi connectivity index (χ0v) is 20.7. The van der Waals surface area contributed by atoms with E-state index in [1.165, 1.54) is 10.4 Å². The maximum atomic E-state index is 13.2. The number of sulfonamides is 1. The van der Waals surface area contributed by atoms with Gasteiger partial charge in [0.1, 0.15) is 16.7 Å². The third kappa shape index (κ3) is 6.26. The predicted molar refractivity (Wildman–Crippen MR) is 128 cm³/mol. The largest absolute Gasteiger partial charge is 0.492 e. The number of rotatable bonds is 9. The Labute approximate surface area is 197 Å². The van der Waals surface area contributed by atoms with Gasteiger partial charge in [0.25, 0.3) is 0 Å². The Balaban J connectivity index is 1.78. The molecular formula is C24H37N3O5S. The maximum Gasteiger partial charge on any atom is 0.247 e. The van der Waals surface area contributed by atoms with Crippen molar-refractivity contribution in [2.75, 3.05) is 25.0 Å². The van der Waals surface area contributed by atoms with Gasteiger partial charge in [-0.3, -0.25) is 9.59 Å². The lowest BCUT2D eigenvalue weighted by Gasteiger charge is -2.26. The van der Waals surface area contributed by atoms with Crippen LogP contribution in [0.2, 0.25) is 0 Å². The van der Waals surface area contributed by atoms with Crippen LogP contribution >= 0.6 is 0 Å². The summed E-state index contributed by atoms with van der Waals surface area (Å²) in [6.07, 6.45) is 6.60. The number of hydrogen-bond donors (Lipinski definition) is 2. The van der Waals surface area contributed by atoms with Crippen LogP contribution in [0.1, 0.15) is 65.7 Å². The third-order valence-corrected chi connectivity index (χ3v) is 8.34. The van der Waals surface area contributed by atoms with Crippen molar-refractivity contribution in [1.29, 1.82) is 0 Å². The molecule has 0 aromatic heterocycles. The summed E-state index contributed by atoms with van der Waals surface area (Å²) in [6, 6.07) is 3.96. The lowest BCUT2D eigenvalue weighted by molar-refractivity contribution is -0.130. The van der Waals surface area contributed by atoms with Gasteiger partial charge in [-0.1, -0.05) is 33.1 Å². The summed E-state index contributed by atoms with van der Waals surface area (Å²) >= 11 is 0. The van der Waals surface area contributed by atoms with Crippen LogP contribution < -0.4 is 15.4 Å². The predicted octanol–water partition coefficient (Wildman–Crippen LogP) is 3.53. The van der Waals surface area contributed by atoms with Crippen LogP contribution in [0.5, 0.6) is 5.75 Å². The molecule has 2 amide bonds. The zero-order valence-electron chi connectivity index (χ0n) is 19.9. The smallest absolute Gasteiger partial charge is 0.247 e. The van der Waals surface area contributed by atoms with E-state index in [4.69, 9.17) is 4.74 Å². The van der Waals surface area contributed by atoms with Crippen molar-refractivity contribution in [2.24, 2.45) is 11.8 Å². The minimum absolute atomic E-state index is 0.0458. The molecule has 2 aliphatic rings. The molecule has 33 heavy (non-hydrogen) atoms. The summed E-state index contributed by atoms with van der Waals surface area (Å²) in [6.45, 7) is 6.85. The fraction of sp³-hybridized carbons (Fsp3) is 0.667. The molecule has 0 spiro atoms. The molecule has 8 nitrogen and oxygen atoms in total. The van der Waals surface area contributed by atoms with E-state index in [1.54, 1.807) is 19.1 Å². The molecule has 1 saturated carbocycles. The summed E-state index contributed by atoms with van der Waals surface area (Å²) in [7, 11) is -3.73. The fourth-order valence-corrected chi connectivity index (χ4v) is 6.19. The molecule has 1 unspecified atom stereocenters. The Hall–Kier alpha value is -2.13. The lowest BCUT2D eigenvalue weighted by Crippen LogP contribution is -2.49. The molecular weight excluding hydrogens is 442 g/mol. The lowest BCUT2D eigenvalue weighted by atomic mass is 9.88. The van der Waals surface area contributed by atoms with Crippen LogP contribution in [0.3, 0.4) is 0 Å². The van der Waals surface area contributed by atoms with Gasteiger partial charge in [0.05, 0.1) is 6.61 Å². The molecule has 9 heteroatoms. The van der Waals surface area contributed by atoms with Gasteiger partial charge in [0, 0.05) is 24.7 Å². The first kappa shape index (κ1) is 25.5. The van der Waals surface area contributed by atoms with Crippen LogP contribution in [0, 0.1) is 11.8 Å². The Morgan fingerprint density at radius 1 is 1.09 bits per heavy atom. The number of hydrogen-bond acceptors (Lipinski definition) is 5. The molecule has 3 rings (SSSR count). The van der Waals surface area contributed by atoms with Gasteiger partial charge in [0.15, 0.2) is 0 Å². The Morgan fingerprint density at radius 3 is 2.36 bits per heavy atom. The minimum Gasteiger partial charge on any atom is -0.492 e. The van der Waals surface area contributed by atoms with E-state index in [9.17, 15) is 18.0 Å². The van der Waals surface area contributed by atoms with E-state index < -0.39 is 16.1 Å². The number of nitrogens with zero attached hydrogens (tertiary/aromatic N) is 1. The summed E-state index contributed by atoms with van der Waals surface area (Å²) in [4.78, 5) is 25.9. The first-order chi connectivity index (χ1) is 15.7. The second kappa shape index (κ2) is 11.3. The molecule has 1 saturated heterocycles. The summed E-state index contributed by atoms with van der Waals surface area (Å²) in [5.74, 6) is -0.327. The van der Waals surface area contributed by atoms with Crippen molar-refractivity contribution in [3.8, 4) is 5.75 Å². The van der Waals surface area contributed by atoms with E-state index in [1.807, 2.05) is 13.8 Å². The van der Waals surface area contributed by atoms with E-state index >= 15 is 0 Å². The number of ether oxygens (including phenoxy) is 1. The first-order valence-electron chi connectivity index (χ1n) is 12.1. The molecule has 1 atom stereocenters. The van der Waals surface area contributed by atoms with Gasteiger partial charge in [-0.25, -0.2) is 8.42 Å². The number of nitrogens with one attached hydrogen (secondary N) is 2. The summed E-state index contributed by atoms with van der Waals surface area (Å²) in [5.41, 5.74) is 0.360. The van der Waals surface area contributed by atoms with E-state index in [0.717, 1.165) is 44.9 Å². The van der Waals surface area contributed by atoms with Crippen LogP contribution in [-0.4, -0.2) is 50.3 Å². The second-order valence-corrected chi connectivity index (χ2v) is 11.2. The quantitative estimate of drug-likeness (QED) is 0.564. The number of benzene rings is 1. The van der Waals surface area contributed by atoms with Gasteiger partial charge in [-0.2, -0.15) is 4.31 Å². The molecule has 1 aliphatic heterocycles. The summed E-state index contributed by atoms with van der Waals surface area (Å²) < 4.78 is 33.4. The van der Waals surface area contributed by atoms with Crippen LogP contribution in [0.4, 0.5) is 5.69 Å². The molecule has 0 radical (unpaired) electrons. The number of amides is 2. The van der Waals surface area contributed by atoms with Crippen LogP contribution in [-0.2, 0) is 19.6 Å². The normalized spacial score (nSPS) is 18.8. The topological polar surface area (TPSA) is 105 Å². The van der Waals surface area contributed by atoms with Crippen LogP contribution in [0.15, 0.2) is 23.1 Å². The highest BCUT2D eigenvalue weighted by atomic mass is 32.2. The van der Waals surface area contributed by atoms with Crippen molar-refractivity contribution in [3.05, 3.63) is 18.2 Å². The molecule has 1 heterocycles. The Kier molecular flexibility index (Phi) is 8.75. The number of carbonyl (C=O) groups excluding carboxylic acids is 2. The average molecular weight is 480 g/mol. The van der Waals surface area contributed by atoms with Crippen molar-refractivity contribution in [2.45, 2.75) is 76.7 Å². The maximum absolute atomic E-state index is 13.2. The van der Waals surface area contributed by atoms with Crippen molar-refractivity contribution in [1.82, 2.24) is 9.62 Å². The van der Waals surface area contributed by atoms with E-state index in [-0.39, 0.29) is 34.3 Å². The average Bonchev–Trinajstić information content (AvgIpc) is 3.34. The highest BCUT2D eigenvalue weighted by Gasteiger charge is 2.32. The molecule has 2 N–H and O–H groups in total. The monoisotopic (exact) mass is 479 g/mol. The highest BCUT2D eigenvalue weighted by molar-refractivity contribution is 7.89. The fourth-order valence-electron chi connectivity index (χ4n) is 4.52. The summed E-state index contributed by atoms with van der Waals surface area (Å²) in [5, 5.41) is 5.74. The zero-order chi connectivity index (χ0) is 24.0. The molecule has 0 bridgehead atoms. The molecule has 184 valence electrons. The van der Waals surface area contributed by atoms with Gasteiger partial charge >= 0.3 is 0 Å². The Bertz CT molecular complexity index is 935. The standard InChI is InChI=1S/C24H37N3O5S/c1-4-32-20-13-12-19(16-21(20)33(30,31)27-14-8-9-15-27)25-24(29)22(17(2)3)26-23(28)18-10-6-5-7-11-18/h12-13,16-18,22H,4-11,14-15H2,1-3H3,(H,25,29)(H,26,28). The van der Waals surface area contributed by atoms with Gasteiger partial charge in [-0.05, 0) is 56.7 Å². The second-order valence-electron chi connectivity index (χ2n) is 9.26. The van der Waals surface area contributed by atoms with Crippen molar-refractivity contribution < 1.29 is 22.7 Å². The van der Waals surface area contributed by atoms with E-state index in [2.05, 4.69) is 10.6 Å². The van der Waals surface area contributed by atoms with Gasteiger partial charge in [0.2, 0.25) is 21.8 Å². The number of carbonyl (C=O) groups is 2. The number of anilines is 1. The first-order valence-corrected chi connectivity index (χ1v) is 13.6. The van der Waals surface area contributed by atoms with E-state index in [0.29, 0.717) is 25.4 Å². The Morgan fingerprint density at radius 2 is 1.76 bits per heavy atom. The highest BCUT2D eigenvalue weighted by Crippen LogP contribution is 2.32. The molecule has 1 aromatic rings. The molecule has 1 aliphatic carbocycles. The van der Waals surface area contributed by atoms with Gasteiger partial charge < -0.3 is 15.4 Å². The third-order valence-electron chi connectivity index (χ3n) is 6.42.